The van der Waals surface area contributed by atoms with E-state index < -0.39 is 0 Å². The second-order valence-corrected chi connectivity index (χ2v) is 6.85. The van der Waals surface area contributed by atoms with E-state index in [0.717, 1.165) is 36.0 Å². The molecule has 5 heteroatoms. The van der Waals surface area contributed by atoms with Crippen LogP contribution in [0.5, 0.6) is 5.75 Å². The Bertz CT molecular complexity index is 942. The summed E-state index contributed by atoms with van der Waals surface area (Å²) < 4.78 is 17.0. The molecule has 1 amide bonds. The van der Waals surface area contributed by atoms with Crippen LogP contribution in [0.1, 0.15) is 30.3 Å². The Hall–Kier alpha value is -2.79. The first-order chi connectivity index (χ1) is 13.2. The number of furan rings is 1. The highest BCUT2D eigenvalue weighted by atomic mass is 16.5. The van der Waals surface area contributed by atoms with Crippen LogP contribution in [0.4, 0.5) is 0 Å². The van der Waals surface area contributed by atoms with Crippen molar-refractivity contribution < 1.29 is 18.7 Å². The van der Waals surface area contributed by atoms with Crippen molar-refractivity contribution in [2.24, 2.45) is 0 Å². The molecule has 2 aromatic carbocycles. The van der Waals surface area contributed by atoms with E-state index in [1.807, 2.05) is 55.5 Å². The molecule has 4 rings (SSSR count). The van der Waals surface area contributed by atoms with Crippen molar-refractivity contribution in [3.05, 3.63) is 54.3 Å². The number of hydrogen-bond acceptors (Lipinski definition) is 4. The molecule has 1 aliphatic rings. The summed E-state index contributed by atoms with van der Waals surface area (Å²) in [5.74, 6) is 0.775. The van der Waals surface area contributed by atoms with E-state index in [-0.39, 0.29) is 18.1 Å². The lowest BCUT2D eigenvalue weighted by atomic mass is 10.0. The summed E-state index contributed by atoms with van der Waals surface area (Å²) in [6.07, 6.45) is 2.05. The van der Waals surface area contributed by atoms with E-state index in [0.29, 0.717) is 17.1 Å². The summed E-state index contributed by atoms with van der Waals surface area (Å²) in [4.78, 5) is 13.0. The minimum absolute atomic E-state index is 0.0543. The van der Waals surface area contributed by atoms with E-state index >= 15 is 0 Å². The van der Waals surface area contributed by atoms with E-state index in [1.54, 1.807) is 7.11 Å². The van der Waals surface area contributed by atoms with Crippen molar-refractivity contribution in [1.29, 1.82) is 0 Å². The lowest BCUT2D eigenvalue weighted by molar-refractivity contribution is 0.0698. The summed E-state index contributed by atoms with van der Waals surface area (Å²) in [5, 5.41) is 3.93. The Morgan fingerprint density at radius 1 is 1.22 bits per heavy atom. The number of rotatable bonds is 5. The minimum Gasteiger partial charge on any atom is -0.497 e. The van der Waals surface area contributed by atoms with Gasteiger partial charge < -0.3 is 19.2 Å². The van der Waals surface area contributed by atoms with Crippen LogP contribution in [0.3, 0.4) is 0 Å². The van der Waals surface area contributed by atoms with Crippen LogP contribution in [0.15, 0.2) is 52.9 Å². The van der Waals surface area contributed by atoms with Crippen molar-refractivity contribution in [2.75, 3.05) is 13.7 Å². The van der Waals surface area contributed by atoms with Gasteiger partial charge >= 0.3 is 0 Å². The summed E-state index contributed by atoms with van der Waals surface area (Å²) in [6, 6.07) is 15.4. The molecule has 1 aliphatic heterocycles. The van der Waals surface area contributed by atoms with Gasteiger partial charge in [-0.05, 0) is 37.5 Å². The van der Waals surface area contributed by atoms with Crippen LogP contribution in [0.25, 0.3) is 22.1 Å². The Kier molecular flexibility index (Phi) is 4.86. The number of amides is 1. The first-order valence-electron chi connectivity index (χ1n) is 9.26. The number of carbonyl (C=O) groups excluding carboxylic acids is 1. The van der Waals surface area contributed by atoms with Gasteiger partial charge in [0.2, 0.25) is 5.76 Å². The molecule has 3 aromatic rings. The van der Waals surface area contributed by atoms with Gasteiger partial charge in [-0.1, -0.05) is 30.3 Å². The molecule has 2 heterocycles. The third-order valence-corrected chi connectivity index (χ3v) is 5.05. The zero-order chi connectivity index (χ0) is 18.8. The number of hydrogen-bond donors (Lipinski definition) is 1. The molecule has 1 N–H and O–H groups in total. The van der Waals surface area contributed by atoms with Crippen LogP contribution in [-0.4, -0.2) is 31.8 Å². The maximum Gasteiger partial charge on any atom is 0.287 e. The normalized spacial score (nSPS) is 17.8. The largest absolute Gasteiger partial charge is 0.497 e. The molecule has 0 bridgehead atoms. The minimum atomic E-state index is -0.230. The zero-order valence-electron chi connectivity index (χ0n) is 15.5. The van der Waals surface area contributed by atoms with Gasteiger partial charge in [0.05, 0.1) is 19.3 Å². The summed E-state index contributed by atoms with van der Waals surface area (Å²) in [5.41, 5.74) is 2.37. The van der Waals surface area contributed by atoms with Crippen molar-refractivity contribution >= 4 is 16.9 Å². The number of ether oxygens (including phenoxy) is 2. The molecular formula is C22H23NO4. The lowest BCUT2D eigenvalue weighted by Crippen LogP contribution is -2.40. The Morgan fingerprint density at radius 2 is 2.04 bits per heavy atom. The fraction of sp³-hybridized carbons (Fsp3) is 0.318. The SMILES string of the molecule is COc1ccc2c(-c3ccccc3)c(C(=O)N[C@H](C)[C@@H]3CCCO3)oc2c1. The van der Waals surface area contributed by atoms with Crippen LogP contribution in [-0.2, 0) is 4.74 Å². The van der Waals surface area contributed by atoms with Gasteiger partial charge in [0.1, 0.15) is 11.3 Å². The summed E-state index contributed by atoms with van der Waals surface area (Å²) in [7, 11) is 1.61. The highest BCUT2D eigenvalue weighted by Gasteiger charge is 2.27. The summed E-state index contributed by atoms with van der Waals surface area (Å²) in [6.45, 7) is 2.73. The number of fused-ring (bicyclic) bond motifs is 1. The van der Waals surface area contributed by atoms with E-state index in [4.69, 9.17) is 13.9 Å². The Morgan fingerprint density at radius 3 is 2.74 bits per heavy atom. The van der Waals surface area contributed by atoms with Gasteiger partial charge in [0.25, 0.3) is 5.91 Å². The van der Waals surface area contributed by atoms with Gasteiger partial charge in [-0.2, -0.15) is 0 Å². The number of benzene rings is 2. The molecule has 140 valence electrons. The molecule has 0 aliphatic carbocycles. The average molecular weight is 365 g/mol. The van der Waals surface area contributed by atoms with Crippen LogP contribution in [0, 0.1) is 0 Å². The molecule has 1 saturated heterocycles. The van der Waals surface area contributed by atoms with Gasteiger partial charge in [-0.15, -0.1) is 0 Å². The van der Waals surface area contributed by atoms with Gasteiger partial charge in [0, 0.05) is 23.6 Å². The third kappa shape index (κ3) is 3.43. The first kappa shape index (κ1) is 17.6. The topological polar surface area (TPSA) is 60.7 Å². The van der Waals surface area contributed by atoms with Crippen LogP contribution >= 0.6 is 0 Å². The molecule has 0 saturated carbocycles. The Labute approximate surface area is 158 Å². The molecule has 0 unspecified atom stereocenters. The second kappa shape index (κ2) is 7.45. The quantitative estimate of drug-likeness (QED) is 0.728. The van der Waals surface area contributed by atoms with Crippen molar-refractivity contribution in [3.8, 4) is 16.9 Å². The molecule has 27 heavy (non-hydrogen) atoms. The van der Waals surface area contributed by atoms with Crippen LogP contribution < -0.4 is 10.1 Å². The van der Waals surface area contributed by atoms with E-state index in [2.05, 4.69) is 5.32 Å². The molecule has 0 spiro atoms. The summed E-state index contributed by atoms with van der Waals surface area (Å²) >= 11 is 0. The highest BCUT2D eigenvalue weighted by Crippen LogP contribution is 2.36. The molecule has 2 atom stereocenters. The number of nitrogens with one attached hydrogen (secondary N) is 1. The monoisotopic (exact) mass is 365 g/mol. The molecule has 1 aromatic heterocycles. The van der Waals surface area contributed by atoms with Crippen molar-refractivity contribution in [2.45, 2.75) is 31.9 Å². The smallest absolute Gasteiger partial charge is 0.287 e. The predicted octanol–water partition coefficient (Wildman–Crippen LogP) is 4.41. The fourth-order valence-electron chi connectivity index (χ4n) is 3.62. The molecular weight excluding hydrogens is 342 g/mol. The van der Waals surface area contributed by atoms with Crippen molar-refractivity contribution in [1.82, 2.24) is 5.32 Å². The maximum atomic E-state index is 13.0. The lowest BCUT2D eigenvalue weighted by Gasteiger charge is -2.19. The molecule has 5 nitrogen and oxygen atoms in total. The predicted molar refractivity (Wildman–Crippen MR) is 104 cm³/mol. The van der Waals surface area contributed by atoms with Crippen molar-refractivity contribution in [3.63, 3.8) is 0 Å². The van der Waals surface area contributed by atoms with Gasteiger partial charge in [0.15, 0.2) is 0 Å². The molecule has 0 radical (unpaired) electrons. The zero-order valence-corrected chi connectivity index (χ0v) is 15.5. The van der Waals surface area contributed by atoms with Gasteiger partial charge in [-0.25, -0.2) is 0 Å². The highest BCUT2D eigenvalue weighted by molar-refractivity contribution is 6.08. The fourth-order valence-corrected chi connectivity index (χ4v) is 3.62. The van der Waals surface area contributed by atoms with E-state index in [9.17, 15) is 4.79 Å². The number of carbonyl (C=O) groups is 1. The third-order valence-electron chi connectivity index (χ3n) is 5.05. The second-order valence-electron chi connectivity index (χ2n) is 6.85. The standard InChI is InChI=1S/C22H23NO4/c1-14(18-9-6-12-26-18)23-22(24)21-20(15-7-4-3-5-8-15)17-11-10-16(25-2)13-19(17)27-21/h3-5,7-8,10-11,13-14,18H,6,9,12H2,1-2H3,(H,23,24)/t14-,18+/m1/s1. The molecule has 1 fully saturated rings. The Balaban J connectivity index is 1.75. The first-order valence-corrected chi connectivity index (χ1v) is 9.26. The van der Waals surface area contributed by atoms with E-state index in [1.165, 1.54) is 0 Å². The van der Waals surface area contributed by atoms with Crippen LogP contribution in [0.2, 0.25) is 0 Å². The maximum absolute atomic E-state index is 13.0. The average Bonchev–Trinajstić information content (AvgIpc) is 3.36. The van der Waals surface area contributed by atoms with Gasteiger partial charge in [-0.3, -0.25) is 4.79 Å². The number of methoxy groups -OCH3 is 1.